The zero-order valence-corrected chi connectivity index (χ0v) is 10.5. The average molecular weight is 305 g/mol. The largest absolute Gasteiger partial charge is 0.330 e. The van der Waals surface area contributed by atoms with Crippen LogP contribution in [0.15, 0.2) is 18.2 Å². The van der Waals surface area contributed by atoms with E-state index in [2.05, 4.69) is 0 Å². The Balaban J connectivity index is 2.70. The van der Waals surface area contributed by atoms with E-state index in [1.165, 1.54) is 0 Å². The van der Waals surface area contributed by atoms with Gasteiger partial charge in [-0.15, -0.1) is 0 Å². The fourth-order valence-corrected chi connectivity index (χ4v) is 1.94. The van der Waals surface area contributed by atoms with Gasteiger partial charge in [-0.3, -0.25) is 0 Å². The molecule has 112 valence electrons. The lowest BCUT2D eigenvalue weighted by Gasteiger charge is -2.10. The van der Waals surface area contributed by atoms with E-state index >= 15 is 0 Å². The first-order valence-corrected chi connectivity index (χ1v) is 5.88. The standard InChI is InChI=1S/C14H9F6N/c15-8-2-1-7(5-6(8)3-4-21)9-10(16)12(18)14(20)13(19)11(9)17/h1-2,5H,3-4,21H2. The second-order valence-corrected chi connectivity index (χ2v) is 4.29. The highest BCUT2D eigenvalue weighted by molar-refractivity contribution is 5.66. The summed E-state index contributed by atoms with van der Waals surface area (Å²) >= 11 is 0. The van der Waals surface area contributed by atoms with E-state index < -0.39 is 40.5 Å². The Morgan fingerprint density at radius 1 is 0.762 bits per heavy atom. The monoisotopic (exact) mass is 305 g/mol. The lowest BCUT2D eigenvalue weighted by atomic mass is 9.99. The van der Waals surface area contributed by atoms with Gasteiger partial charge in [-0.25, -0.2) is 26.3 Å². The molecule has 0 aromatic heterocycles. The van der Waals surface area contributed by atoms with Crippen molar-refractivity contribution < 1.29 is 26.3 Å². The summed E-state index contributed by atoms with van der Waals surface area (Å²) in [6, 6.07) is 2.84. The van der Waals surface area contributed by atoms with E-state index in [9.17, 15) is 26.3 Å². The third-order valence-corrected chi connectivity index (χ3v) is 2.96. The van der Waals surface area contributed by atoms with Gasteiger partial charge in [-0.05, 0) is 36.2 Å². The molecule has 2 aromatic carbocycles. The summed E-state index contributed by atoms with van der Waals surface area (Å²) in [7, 11) is 0. The number of nitrogens with two attached hydrogens (primary N) is 1. The number of hydrogen-bond donors (Lipinski definition) is 1. The van der Waals surface area contributed by atoms with Gasteiger partial charge < -0.3 is 5.73 Å². The molecule has 0 amide bonds. The van der Waals surface area contributed by atoms with E-state index in [1.54, 1.807) is 0 Å². The second-order valence-electron chi connectivity index (χ2n) is 4.29. The predicted octanol–water partition coefficient (Wildman–Crippen LogP) is 3.69. The third-order valence-electron chi connectivity index (χ3n) is 2.96. The van der Waals surface area contributed by atoms with Crippen LogP contribution < -0.4 is 5.73 Å². The van der Waals surface area contributed by atoms with Crippen molar-refractivity contribution >= 4 is 0 Å². The van der Waals surface area contributed by atoms with Gasteiger partial charge >= 0.3 is 0 Å². The van der Waals surface area contributed by atoms with E-state index in [-0.39, 0.29) is 24.1 Å². The summed E-state index contributed by atoms with van der Waals surface area (Å²) in [6.45, 7) is 0.0669. The van der Waals surface area contributed by atoms with Crippen molar-refractivity contribution in [3.8, 4) is 11.1 Å². The van der Waals surface area contributed by atoms with Crippen LogP contribution in [0.1, 0.15) is 5.56 Å². The SMILES string of the molecule is NCCc1cc(-c2c(F)c(F)c(F)c(F)c2F)ccc1F. The predicted molar refractivity (Wildman–Crippen MR) is 64.4 cm³/mol. The molecule has 0 aliphatic rings. The summed E-state index contributed by atoms with van der Waals surface area (Å²) in [5.74, 6) is -10.9. The Kier molecular flexibility index (Phi) is 4.22. The molecule has 2 aromatic rings. The maximum absolute atomic E-state index is 13.7. The highest BCUT2D eigenvalue weighted by Crippen LogP contribution is 2.32. The van der Waals surface area contributed by atoms with Crippen LogP contribution in [0.5, 0.6) is 0 Å². The van der Waals surface area contributed by atoms with Crippen LogP contribution in [0, 0.1) is 34.9 Å². The lowest BCUT2D eigenvalue weighted by molar-refractivity contribution is 0.381. The molecule has 0 aliphatic carbocycles. The maximum atomic E-state index is 13.7. The van der Waals surface area contributed by atoms with Crippen LogP contribution in [-0.4, -0.2) is 6.54 Å². The van der Waals surface area contributed by atoms with Crippen LogP contribution in [0.25, 0.3) is 11.1 Å². The van der Waals surface area contributed by atoms with Crippen molar-refractivity contribution in [1.82, 2.24) is 0 Å². The summed E-state index contributed by atoms with van der Waals surface area (Å²) in [5.41, 5.74) is 3.88. The van der Waals surface area contributed by atoms with Crippen LogP contribution in [-0.2, 0) is 6.42 Å². The molecule has 0 saturated carbocycles. The molecule has 0 spiro atoms. The van der Waals surface area contributed by atoms with E-state index in [0.29, 0.717) is 0 Å². The van der Waals surface area contributed by atoms with E-state index in [0.717, 1.165) is 18.2 Å². The molecule has 0 bridgehead atoms. The molecule has 0 saturated heterocycles. The highest BCUT2D eigenvalue weighted by atomic mass is 19.2. The van der Waals surface area contributed by atoms with Gasteiger partial charge in [-0.2, -0.15) is 0 Å². The molecular weight excluding hydrogens is 296 g/mol. The molecule has 0 atom stereocenters. The van der Waals surface area contributed by atoms with Gasteiger partial charge in [0.2, 0.25) is 5.82 Å². The Bertz CT molecular complexity index is 669. The summed E-state index contributed by atoms with van der Waals surface area (Å²) in [4.78, 5) is 0. The van der Waals surface area contributed by atoms with Gasteiger partial charge in [0.1, 0.15) is 5.82 Å². The minimum absolute atomic E-state index is 0.0268. The summed E-state index contributed by atoms with van der Waals surface area (Å²) in [6.07, 6.45) is 0.0646. The fraction of sp³-hybridized carbons (Fsp3) is 0.143. The highest BCUT2D eigenvalue weighted by Gasteiger charge is 2.26. The molecule has 0 unspecified atom stereocenters. The van der Waals surface area contributed by atoms with Crippen LogP contribution in [0.2, 0.25) is 0 Å². The van der Waals surface area contributed by atoms with Gasteiger partial charge in [-0.1, -0.05) is 6.07 Å². The number of rotatable bonds is 3. The molecule has 2 N–H and O–H groups in total. The zero-order valence-electron chi connectivity index (χ0n) is 10.5. The molecule has 7 heteroatoms. The molecule has 0 radical (unpaired) electrons. The molecule has 0 aliphatic heterocycles. The Morgan fingerprint density at radius 3 is 1.81 bits per heavy atom. The smallest absolute Gasteiger partial charge is 0.200 e. The lowest BCUT2D eigenvalue weighted by Crippen LogP contribution is -2.06. The zero-order chi connectivity index (χ0) is 15.7. The first-order valence-electron chi connectivity index (χ1n) is 5.88. The topological polar surface area (TPSA) is 26.0 Å². The van der Waals surface area contributed by atoms with E-state index in [4.69, 9.17) is 5.73 Å². The average Bonchev–Trinajstić information content (AvgIpc) is 2.47. The first-order chi connectivity index (χ1) is 9.88. The van der Waals surface area contributed by atoms with Crippen LogP contribution in [0.3, 0.4) is 0 Å². The minimum atomic E-state index is -2.24. The summed E-state index contributed by atoms with van der Waals surface area (Å²) < 4.78 is 80.1. The van der Waals surface area contributed by atoms with Crippen molar-refractivity contribution in [3.05, 3.63) is 58.7 Å². The van der Waals surface area contributed by atoms with E-state index in [1.807, 2.05) is 0 Å². The second kappa shape index (κ2) is 5.77. The third kappa shape index (κ3) is 2.61. The van der Waals surface area contributed by atoms with Crippen LogP contribution >= 0.6 is 0 Å². The van der Waals surface area contributed by atoms with Gasteiger partial charge in [0, 0.05) is 0 Å². The Hall–Kier alpha value is -2.02. The molecular formula is C14H9F6N. The molecule has 0 heterocycles. The quantitative estimate of drug-likeness (QED) is 0.522. The maximum Gasteiger partial charge on any atom is 0.200 e. The number of hydrogen-bond acceptors (Lipinski definition) is 1. The van der Waals surface area contributed by atoms with Crippen molar-refractivity contribution in [2.24, 2.45) is 5.73 Å². The van der Waals surface area contributed by atoms with Crippen LogP contribution in [0.4, 0.5) is 26.3 Å². The number of halogens is 6. The van der Waals surface area contributed by atoms with Gasteiger partial charge in [0.25, 0.3) is 0 Å². The Morgan fingerprint density at radius 2 is 1.29 bits per heavy atom. The van der Waals surface area contributed by atoms with Gasteiger partial charge in [0.15, 0.2) is 23.3 Å². The van der Waals surface area contributed by atoms with Crippen molar-refractivity contribution in [1.29, 1.82) is 0 Å². The fourth-order valence-electron chi connectivity index (χ4n) is 1.94. The molecule has 1 nitrogen and oxygen atoms in total. The molecule has 21 heavy (non-hydrogen) atoms. The normalized spacial score (nSPS) is 11.0. The number of benzene rings is 2. The van der Waals surface area contributed by atoms with Crippen molar-refractivity contribution in [3.63, 3.8) is 0 Å². The Labute approximate surface area is 116 Å². The first kappa shape index (κ1) is 15.4. The molecule has 0 fully saturated rings. The summed E-state index contributed by atoms with van der Waals surface area (Å²) in [5, 5.41) is 0. The molecule has 2 rings (SSSR count). The van der Waals surface area contributed by atoms with Crippen molar-refractivity contribution in [2.75, 3.05) is 6.54 Å². The minimum Gasteiger partial charge on any atom is -0.330 e. The van der Waals surface area contributed by atoms with Crippen molar-refractivity contribution in [2.45, 2.75) is 6.42 Å². The van der Waals surface area contributed by atoms with Gasteiger partial charge in [0.05, 0.1) is 5.56 Å².